The molecule has 1 aromatic rings. The molecule has 2 atom stereocenters. The zero-order chi connectivity index (χ0) is 14.4. The van der Waals surface area contributed by atoms with Crippen LogP contribution in [0, 0.1) is 5.92 Å². The third-order valence-corrected chi connectivity index (χ3v) is 3.94. The van der Waals surface area contributed by atoms with Crippen LogP contribution in [0.5, 0.6) is 0 Å². The smallest absolute Gasteiger partial charge is 0.309 e. The minimum atomic E-state index is -0.212. The summed E-state index contributed by atoms with van der Waals surface area (Å²) in [6.45, 7) is 1.67. The van der Waals surface area contributed by atoms with Crippen LogP contribution in [0.1, 0.15) is 30.4 Å². The number of nitrogens with one attached hydrogen (secondary N) is 1. The van der Waals surface area contributed by atoms with Gasteiger partial charge in [0.05, 0.1) is 19.6 Å². The van der Waals surface area contributed by atoms with Gasteiger partial charge in [0, 0.05) is 6.54 Å². The second kappa shape index (κ2) is 7.41. The number of benzene rings is 1. The van der Waals surface area contributed by atoms with E-state index in [4.69, 9.17) is 4.74 Å². The van der Waals surface area contributed by atoms with E-state index in [1.54, 1.807) is 0 Å². The van der Waals surface area contributed by atoms with Gasteiger partial charge in [0.2, 0.25) is 0 Å². The molecule has 2 rings (SSSR count). The molecule has 0 amide bonds. The van der Waals surface area contributed by atoms with E-state index in [1.807, 2.05) is 24.3 Å². The Morgan fingerprint density at radius 2 is 2.10 bits per heavy atom. The lowest BCUT2D eigenvalue weighted by Gasteiger charge is -2.13. The number of ether oxygens (including phenoxy) is 1. The first-order chi connectivity index (χ1) is 9.69. The molecular formula is C16H23NO3. The van der Waals surface area contributed by atoms with Gasteiger partial charge in [-0.05, 0) is 42.9 Å². The molecule has 0 heterocycles. The first-order valence-electron chi connectivity index (χ1n) is 7.21. The molecule has 20 heavy (non-hydrogen) atoms. The van der Waals surface area contributed by atoms with Gasteiger partial charge in [-0.15, -0.1) is 0 Å². The van der Waals surface area contributed by atoms with Crippen molar-refractivity contribution in [1.82, 2.24) is 5.32 Å². The molecule has 0 bridgehead atoms. The molecule has 4 nitrogen and oxygen atoms in total. The van der Waals surface area contributed by atoms with Gasteiger partial charge in [-0.2, -0.15) is 0 Å². The van der Waals surface area contributed by atoms with E-state index in [9.17, 15) is 9.90 Å². The second-order valence-corrected chi connectivity index (χ2v) is 5.49. The number of hydrogen-bond donors (Lipinski definition) is 2. The minimum absolute atomic E-state index is 0.117. The Kier molecular flexibility index (Phi) is 5.56. The van der Waals surface area contributed by atoms with E-state index in [0.717, 1.165) is 43.5 Å². The normalized spacial score (nSPS) is 21.9. The largest absolute Gasteiger partial charge is 0.469 e. The lowest BCUT2D eigenvalue weighted by molar-refractivity contribution is -0.139. The van der Waals surface area contributed by atoms with Gasteiger partial charge in [-0.25, -0.2) is 0 Å². The minimum Gasteiger partial charge on any atom is -0.469 e. The zero-order valence-electron chi connectivity index (χ0n) is 12.0. The number of carbonyl (C=O) groups is 1. The summed E-state index contributed by atoms with van der Waals surface area (Å²) in [7, 11) is 1.41. The van der Waals surface area contributed by atoms with Crippen molar-refractivity contribution in [2.75, 3.05) is 13.7 Å². The summed E-state index contributed by atoms with van der Waals surface area (Å²) >= 11 is 0. The van der Waals surface area contributed by atoms with Gasteiger partial charge < -0.3 is 15.2 Å². The van der Waals surface area contributed by atoms with Crippen molar-refractivity contribution >= 4 is 5.97 Å². The maximum Gasteiger partial charge on any atom is 0.309 e. The van der Waals surface area contributed by atoms with Crippen LogP contribution in [0.15, 0.2) is 24.3 Å². The van der Waals surface area contributed by atoms with Crippen molar-refractivity contribution in [3.63, 3.8) is 0 Å². The molecule has 1 aromatic carbocycles. The summed E-state index contributed by atoms with van der Waals surface area (Å²) in [5.74, 6) is 0.356. The average Bonchev–Trinajstić information content (AvgIpc) is 2.86. The van der Waals surface area contributed by atoms with Crippen LogP contribution in [0.4, 0.5) is 0 Å². The van der Waals surface area contributed by atoms with Crippen LogP contribution in [0.25, 0.3) is 0 Å². The van der Waals surface area contributed by atoms with E-state index >= 15 is 0 Å². The number of hydrogen-bond acceptors (Lipinski definition) is 4. The third-order valence-electron chi connectivity index (χ3n) is 3.94. The molecule has 0 spiro atoms. The highest BCUT2D eigenvalue weighted by Crippen LogP contribution is 2.24. The molecule has 0 aromatic heterocycles. The highest BCUT2D eigenvalue weighted by molar-refractivity contribution is 5.72. The quantitative estimate of drug-likeness (QED) is 0.776. The van der Waals surface area contributed by atoms with E-state index in [0.29, 0.717) is 12.3 Å². The van der Waals surface area contributed by atoms with Crippen molar-refractivity contribution in [2.45, 2.75) is 38.3 Å². The number of aliphatic hydroxyl groups is 1. The zero-order valence-corrected chi connectivity index (χ0v) is 12.0. The predicted molar refractivity (Wildman–Crippen MR) is 77.2 cm³/mol. The molecule has 0 aliphatic heterocycles. The van der Waals surface area contributed by atoms with E-state index in [2.05, 4.69) is 5.32 Å². The van der Waals surface area contributed by atoms with Gasteiger partial charge in [-0.3, -0.25) is 4.79 Å². The van der Waals surface area contributed by atoms with Crippen LogP contribution in [0.2, 0.25) is 0 Å². The summed E-state index contributed by atoms with van der Waals surface area (Å²) in [5, 5.41) is 12.9. The van der Waals surface area contributed by atoms with Crippen LogP contribution < -0.4 is 5.32 Å². The number of carbonyl (C=O) groups excluding carboxylic acids is 1. The molecule has 1 saturated carbocycles. The van der Waals surface area contributed by atoms with E-state index in [-0.39, 0.29) is 12.1 Å². The number of esters is 1. The molecule has 0 saturated heterocycles. The van der Waals surface area contributed by atoms with Crippen molar-refractivity contribution < 1.29 is 14.6 Å². The van der Waals surface area contributed by atoms with Gasteiger partial charge in [0.1, 0.15) is 0 Å². The summed E-state index contributed by atoms with van der Waals surface area (Å²) in [4.78, 5) is 11.4. The fourth-order valence-electron chi connectivity index (χ4n) is 2.78. The molecule has 2 N–H and O–H groups in total. The molecule has 1 aliphatic rings. The first-order valence-corrected chi connectivity index (χ1v) is 7.21. The Labute approximate surface area is 120 Å². The Balaban J connectivity index is 1.84. The second-order valence-electron chi connectivity index (χ2n) is 5.49. The molecule has 1 fully saturated rings. The molecule has 2 unspecified atom stereocenters. The summed E-state index contributed by atoms with van der Waals surface area (Å²) in [6.07, 6.45) is 3.12. The Hall–Kier alpha value is -1.39. The molecular weight excluding hydrogens is 254 g/mol. The molecule has 110 valence electrons. The lowest BCUT2D eigenvalue weighted by atomic mass is 10.0. The standard InChI is InChI=1S/C16H23NO3/c1-20-16(19)9-13-4-2-3-5-14(13)11-17-10-12-6-7-15(18)8-12/h2-5,12,15,17-18H,6-11H2,1H3. The summed E-state index contributed by atoms with van der Waals surface area (Å²) in [5.41, 5.74) is 2.15. The van der Waals surface area contributed by atoms with Crippen molar-refractivity contribution in [3.8, 4) is 0 Å². The fourth-order valence-corrected chi connectivity index (χ4v) is 2.78. The van der Waals surface area contributed by atoms with Gasteiger partial charge in [-0.1, -0.05) is 24.3 Å². The average molecular weight is 277 g/mol. The maximum atomic E-state index is 11.4. The van der Waals surface area contributed by atoms with Crippen LogP contribution >= 0.6 is 0 Å². The molecule has 4 heteroatoms. The monoisotopic (exact) mass is 277 g/mol. The first kappa shape index (κ1) is 15.0. The van der Waals surface area contributed by atoms with E-state index in [1.165, 1.54) is 7.11 Å². The molecule has 1 aliphatic carbocycles. The van der Waals surface area contributed by atoms with Gasteiger partial charge in [0.25, 0.3) is 0 Å². The topological polar surface area (TPSA) is 58.6 Å². The lowest BCUT2D eigenvalue weighted by Crippen LogP contribution is -2.22. The highest BCUT2D eigenvalue weighted by atomic mass is 16.5. The molecule has 0 radical (unpaired) electrons. The SMILES string of the molecule is COC(=O)Cc1ccccc1CNCC1CCC(O)C1. The Morgan fingerprint density at radius 3 is 2.75 bits per heavy atom. The van der Waals surface area contributed by atoms with Gasteiger partial charge >= 0.3 is 5.97 Å². The Bertz CT molecular complexity index is 447. The number of aliphatic hydroxyl groups excluding tert-OH is 1. The fraction of sp³-hybridized carbons (Fsp3) is 0.562. The van der Waals surface area contributed by atoms with Crippen molar-refractivity contribution in [2.24, 2.45) is 5.92 Å². The highest BCUT2D eigenvalue weighted by Gasteiger charge is 2.22. The van der Waals surface area contributed by atoms with Crippen molar-refractivity contribution in [3.05, 3.63) is 35.4 Å². The number of methoxy groups -OCH3 is 1. The number of rotatable bonds is 6. The van der Waals surface area contributed by atoms with Crippen LogP contribution in [0.3, 0.4) is 0 Å². The Morgan fingerprint density at radius 1 is 1.35 bits per heavy atom. The maximum absolute atomic E-state index is 11.4. The van der Waals surface area contributed by atoms with Gasteiger partial charge in [0.15, 0.2) is 0 Å². The van der Waals surface area contributed by atoms with Crippen LogP contribution in [-0.4, -0.2) is 30.8 Å². The summed E-state index contributed by atoms with van der Waals surface area (Å²) in [6, 6.07) is 7.92. The predicted octanol–water partition coefficient (Wildman–Crippen LogP) is 1.65. The van der Waals surface area contributed by atoms with Crippen molar-refractivity contribution in [1.29, 1.82) is 0 Å². The third kappa shape index (κ3) is 4.32. The van der Waals surface area contributed by atoms with Crippen LogP contribution in [-0.2, 0) is 22.5 Å². The van der Waals surface area contributed by atoms with E-state index < -0.39 is 0 Å². The summed E-state index contributed by atoms with van der Waals surface area (Å²) < 4.78 is 4.72.